The fourth-order valence-corrected chi connectivity index (χ4v) is 2.62. The van der Waals surface area contributed by atoms with Gasteiger partial charge in [0, 0.05) is 11.4 Å². The van der Waals surface area contributed by atoms with Crippen molar-refractivity contribution in [3.8, 4) is 11.5 Å². The summed E-state index contributed by atoms with van der Waals surface area (Å²) in [6, 6.07) is 15.7. The van der Waals surface area contributed by atoms with Gasteiger partial charge < -0.3 is 15.4 Å². The van der Waals surface area contributed by atoms with Crippen molar-refractivity contribution in [1.82, 2.24) is 0 Å². The van der Waals surface area contributed by atoms with Crippen LogP contribution >= 0.6 is 11.6 Å². The monoisotopic (exact) mass is 416 g/mol. The highest BCUT2D eigenvalue weighted by Crippen LogP contribution is 2.36. The van der Waals surface area contributed by atoms with Gasteiger partial charge in [-0.05, 0) is 54.6 Å². The smallest absolute Gasteiger partial charge is 0.417 e. The standard InChI is InChI=1S/C20H13BClF3N2O2/c21-12-1-6-15(7-2-12)29-16-8-3-13(4-9-16)26-19(28)27-14-5-10-18(22)17(11-14)20(23,24)25/h1-11H,(H2,26,27,28). The molecule has 4 nitrogen and oxygen atoms in total. The van der Waals surface area contributed by atoms with E-state index >= 15 is 0 Å². The number of urea groups is 1. The van der Waals surface area contributed by atoms with Gasteiger partial charge in [-0.25, -0.2) is 4.79 Å². The number of benzene rings is 3. The van der Waals surface area contributed by atoms with Crippen LogP contribution in [0.2, 0.25) is 5.02 Å². The predicted octanol–water partition coefficient (Wildman–Crippen LogP) is 5.59. The predicted molar refractivity (Wildman–Crippen MR) is 107 cm³/mol. The van der Waals surface area contributed by atoms with E-state index < -0.39 is 22.8 Å². The molecule has 3 rings (SSSR count). The summed E-state index contributed by atoms with van der Waals surface area (Å²) < 4.78 is 44.3. The lowest BCUT2D eigenvalue weighted by Gasteiger charge is -2.12. The van der Waals surface area contributed by atoms with Crippen LogP contribution in [-0.2, 0) is 6.18 Å². The maximum Gasteiger partial charge on any atom is 0.417 e. The van der Waals surface area contributed by atoms with E-state index in [1.54, 1.807) is 48.5 Å². The number of amides is 2. The van der Waals surface area contributed by atoms with E-state index in [2.05, 4.69) is 10.6 Å². The molecule has 0 atom stereocenters. The molecule has 3 aromatic carbocycles. The molecular weight excluding hydrogens is 403 g/mol. The highest BCUT2D eigenvalue weighted by atomic mass is 35.5. The van der Waals surface area contributed by atoms with Crippen LogP contribution in [0, 0.1) is 0 Å². The molecule has 0 fully saturated rings. The zero-order valence-corrected chi connectivity index (χ0v) is 15.5. The number of hydrogen-bond donors (Lipinski definition) is 2. The number of carbonyl (C=O) groups is 1. The van der Waals surface area contributed by atoms with Gasteiger partial charge in [0.25, 0.3) is 0 Å². The molecule has 0 aliphatic carbocycles. The summed E-state index contributed by atoms with van der Waals surface area (Å²) in [5.41, 5.74) is -0.0215. The van der Waals surface area contributed by atoms with Gasteiger partial charge in [0.15, 0.2) is 0 Å². The molecular formula is C20H13BClF3N2O2. The van der Waals surface area contributed by atoms with Gasteiger partial charge in [0.2, 0.25) is 0 Å². The third-order valence-electron chi connectivity index (χ3n) is 3.76. The summed E-state index contributed by atoms with van der Waals surface area (Å²) in [4.78, 5) is 12.1. The number of halogens is 4. The second-order valence-electron chi connectivity index (χ2n) is 5.97. The maximum absolute atomic E-state index is 12.9. The number of nitrogens with one attached hydrogen (secondary N) is 2. The van der Waals surface area contributed by atoms with E-state index in [0.717, 1.165) is 12.1 Å². The highest BCUT2D eigenvalue weighted by Gasteiger charge is 2.33. The molecule has 0 aromatic heterocycles. The Kier molecular flexibility index (Phi) is 6.03. The minimum Gasteiger partial charge on any atom is -0.457 e. The molecule has 0 unspecified atom stereocenters. The van der Waals surface area contributed by atoms with Crippen LogP contribution in [0.25, 0.3) is 0 Å². The third-order valence-corrected chi connectivity index (χ3v) is 4.09. The first-order valence-corrected chi connectivity index (χ1v) is 8.67. The lowest BCUT2D eigenvalue weighted by Crippen LogP contribution is -2.19. The van der Waals surface area contributed by atoms with Crippen molar-refractivity contribution in [3.63, 3.8) is 0 Å². The molecule has 0 bridgehead atoms. The van der Waals surface area contributed by atoms with Crippen LogP contribution < -0.4 is 20.8 Å². The molecule has 2 N–H and O–H groups in total. The quantitative estimate of drug-likeness (QED) is 0.545. The van der Waals surface area contributed by atoms with Crippen molar-refractivity contribution in [2.75, 3.05) is 10.6 Å². The zero-order valence-electron chi connectivity index (χ0n) is 14.8. The van der Waals surface area contributed by atoms with Crippen LogP contribution in [0.4, 0.5) is 29.3 Å². The van der Waals surface area contributed by atoms with Gasteiger partial charge in [-0.3, -0.25) is 0 Å². The van der Waals surface area contributed by atoms with Crippen LogP contribution in [0.1, 0.15) is 5.56 Å². The summed E-state index contributed by atoms with van der Waals surface area (Å²) in [5, 5.41) is 4.42. The lowest BCUT2D eigenvalue weighted by atomic mass is 9.97. The fourth-order valence-electron chi connectivity index (χ4n) is 2.39. The molecule has 0 saturated carbocycles. The number of hydrogen-bond acceptors (Lipinski definition) is 2. The second kappa shape index (κ2) is 8.49. The van der Waals surface area contributed by atoms with Crippen LogP contribution in [-0.4, -0.2) is 13.9 Å². The van der Waals surface area contributed by atoms with Crippen molar-refractivity contribution < 1.29 is 22.7 Å². The lowest BCUT2D eigenvalue weighted by molar-refractivity contribution is -0.137. The largest absolute Gasteiger partial charge is 0.457 e. The zero-order chi connectivity index (χ0) is 21.0. The molecule has 0 heterocycles. The molecule has 0 aliphatic heterocycles. The Morgan fingerprint density at radius 1 is 0.862 bits per heavy atom. The van der Waals surface area contributed by atoms with E-state index in [4.69, 9.17) is 24.2 Å². The molecule has 3 aromatic rings. The first-order valence-electron chi connectivity index (χ1n) is 8.29. The van der Waals surface area contributed by atoms with Crippen molar-refractivity contribution in [2.45, 2.75) is 6.18 Å². The Hall–Kier alpha value is -3.13. The minimum absolute atomic E-state index is 0.0393. The summed E-state index contributed by atoms with van der Waals surface area (Å²) in [5.74, 6) is 1.13. The van der Waals surface area contributed by atoms with Crippen molar-refractivity contribution >= 4 is 42.3 Å². The van der Waals surface area contributed by atoms with E-state index in [0.29, 0.717) is 22.6 Å². The molecule has 2 radical (unpaired) electrons. The molecule has 146 valence electrons. The highest BCUT2D eigenvalue weighted by molar-refractivity contribution is 6.32. The van der Waals surface area contributed by atoms with E-state index in [1.165, 1.54) is 6.07 Å². The first kappa shape index (κ1) is 20.6. The third kappa shape index (κ3) is 5.68. The molecule has 9 heteroatoms. The van der Waals surface area contributed by atoms with E-state index in [1.807, 2.05) is 0 Å². The van der Waals surface area contributed by atoms with Gasteiger partial charge >= 0.3 is 12.2 Å². The molecule has 0 spiro atoms. The minimum atomic E-state index is -4.62. The van der Waals surface area contributed by atoms with Crippen molar-refractivity contribution in [2.24, 2.45) is 0 Å². The number of ether oxygens (including phenoxy) is 1. The molecule has 29 heavy (non-hydrogen) atoms. The Bertz CT molecular complexity index is 1010. The number of anilines is 2. The van der Waals surface area contributed by atoms with Gasteiger partial charge in [-0.2, -0.15) is 13.2 Å². The summed E-state index contributed by atoms with van der Waals surface area (Å²) >= 11 is 5.56. The molecule has 2 amide bonds. The molecule has 0 saturated heterocycles. The van der Waals surface area contributed by atoms with Gasteiger partial charge in [0.1, 0.15) is 19.3 Å². The van der Waals surface area contributed by atoms with Gasteiger partial charge in [-0.1, -0.05) is 29.2 Å². The molecule has 0 aliphatic rings. The average molecular weight is 417 g/mol. The number of alkyl halides is 3. The Morgan fingerprint density at radius 2 is 1.38 bits per heavy atom. The number of carbonyl (C=O) groups excluding carboxylic acids is 1. The van der Waals surface area contributed by atoms with E-state index in [-0.39, 0.29) is 5.69 Å². The Morgan fingerprint density at radius 3 is 1.97 bits per heavy atom. The fraction of sp³-hybridized carbons (Fsp3) is 0.0500. The topological polar surface area (TPSA) is 50.4 Å². The van der Waals surface area contributed by atoms with E-state index in [9.17, 15) is 18.0 Å². The Balaban J connectivity index is 1.61. The van der Waals surface area contributed by atoms with Crippen LogP contribution in [0.3, 0.4) is 0 Å². The maximum atomic E-state index is 12.9. The number of rotatable bonds is 4. The van der Waals surface area contributed by atoms with Gasteiger partial charge in [-0.15, -0.1) is 0 Å². The SMILES string of the molecule is [B]c1ccc(Oc2ccc(NC(=O)Nc3ccc(Cl)c(C(F)(F)F)c3)cc2)cc1. The summed E-state index contributed by atoms with van der Waals surface area (Å²) in [7, 11) is 5.61. The van der Waals surface area contributed by atoms with Crippen LogP contribution in [0.5, 0.6) is 11.5 Å². The second-order valence-corrected chi connectivity index (χ2v) is 6.37. The normalized spacial score (nSPS) is 11.0. The Labute approximate surface area is 171 Å². The van der Waals surface area contributed by atoms with Gasteiger partial charge in [0.05, 0.1) is 10.6 Å². The average Bonchev–Trinajstić information content (AvgIpc) is 2.66. The first-order chi connectivity index (χ1) is 13.7. The summed E-state index contributed by atoms with van der Waals surface area (Å²) in [6.45, 7) is 0. The van der Waals surface area contributed by atoms with Crippen LogP contribution in [0.15, 0.2) is 66.7 Å². The van der Waals surface area contributed by atoms with Crippen molar-refractivity contribution in [3.05, 3.63) is 77.3 Å². The van der Waals surface area contributed by atoms with Crippen molar-refractivity contribution in [1.29, 1.82) is 0 Å². The summed E-state index contributed by atoms with van der Waals surface area (Å²) in [6.07, 6.45) is -4.62.